The number of aromatic nitrogens is 1. The quantitative estimate of drug-likeness (QED) is 0.392. The average molecular weight is 410 g/mol. The Labute approximate surface area is 157 Å². The van der Waals surface area contributed by atoms with Gasteiger partial charge >= 0.3 is 11.6 Å². The van der Waals surface area contributed by atoms with Crippen molar-refractivity contribution in [1.82, 2.24) is 4.98 Å². The van der Waals surface area contributed by atoms with Gasteiger partial charge in [-0.3, -0.25) is 9.35 Å². The monoisotopic (exact) mass is 410 g/mol. The van der Waals surface area contributed by atoms with Crippen molar-refractivity contribution in [3.63, 3.8) is 0 Å². The van der Waals surface area contributed by atoms with E-state index in [0.717, 1.165) is 11.3 Å². The van der Waals surface area contributed by atoms with Crippen molar-refractivity contribution in [3.8, 4) is 10.6 Å². The lowest BCUT2D eigenvalue weighted by Crippen LogP contribution is -2.14. The van der Waals surface area contributed by atoms with Crippen LogP contribution in [0.25, 0.3) is 21.5 Å². The topological polar surface area (TPSA) is 147 Å². The second kappa shape index (κ2) is 7.47. The fraction of sp³-hybridized carbons (Fsp3) is 0.188. The molecular weight excluding hydrogens is 396 g/mol. The number of thiazole rings is 1. The Kier molecular flexibility index (Phi) is 5.26. The smallest absolute Gasteiger partial charge is 0.346 e. The Morgan fingerprint density at radius 1 is 1.30 bits per heavy atom. The first-order valence-electron chi connectivity index (χ1n) is 7.65. The standard InChI is InChI=1S/C16H14N2O7S2/c19-14(20)7-11-8-26-15(18-11)12-5-9-1-2-10(6-13(9)25-16(12)21)17-3-4-27(22,23)24/h1-2,5-6,8,17H,3-4,7H2,(H,19,20)(H,22,23,24). The molecule has 3 N–H and O–H groups in total. The molecule has 3 rings (SSSR count). The van der Waals surface area contributed by atoms with E-state index >= 15 is 0 Å². The first-order chi connectivity index (χ1) is 12.7. The van der Waals surface area contributed by atoms with Crippen LogP contribution in [0.1, 0.15) is 5.69 Å². The van der Waals surface area contributed by atoms with Gasteiger partial charge in [-0.2, -0.15) is 8.42 Å². The molecule has 1 aromatic carbocycles. The fourth-order valence-corrected chi connectivity index (χ4v) is 3.54. The van der Waals surface area contributed by atoms with Crippen molar-refractivity contribution in [2.45, 2.75) is 6.42 Å². The number of carbonyl (C=O) groups is 1. The number of rotatable bonds is 7. The molecule has 142 valence electrons. The molecule has 0 aliphatic carbocycles. The number of carboxylic acids is 1. The number of hydrogen-bond acceptors (Lipinski definition) is 8. The predicted octanol–water partition coefficient (Wildman–Crippen LogP) is 1.84. The Morgan fingerprint density at radius 2 is 2.07 bits per heavy atom. The first-order valence-corrected chi connectivity index (χ1v) is 10.1. The lowest BCUT2D eigenvalue weighted by Gasteiger charge is -2.06. The summed E-state index contributed by atoms with van der Waals surface area (Å²) in [6.45, 7) is -0.00186. The minimum absolute atomic E-state index is 0.00186. The van der Waals surface area contributed by atoms with Gasteiger partial charge in [0.1, 0.15) is 10.6 Å². The Hall–Kier alpha value is -2.76. The van der Waals surface area contributed by atoms with Crippen LogP contribution in [0.3, 0.4) is 0 Å². The minimum atomic E-state index is -4.06. The molecule has 0 saturated heterocycles. The van der Waals surface area contributed by atoms with Gasteiger partial charge in [0.05, 0.1) is 23.4 Å². The van der Waals surface area contributed by atoms with Crippen LogP contribution in [0.15, 0.2) is 38.9 Å². The van der Waals surface area contributed by atoms with Gasteiger partial charge in [0.2, 0.25) is 0 Å². The fourth-order valence-electron chi connectivity index (χ4n) is 2.36. The zero-order chi connectivity index (χ0) is 19.6. The summed E-state index contributed by atoms with van der Waals surface area (Å²) in [6, 6.07) is 6.51. The number of carboxylic acid groups (broad SMARTS) is 1. The maximum Gasteiger partial charge on any atom is 0.346 e. The van der Waals surface area contributed by atoms with Crippen LogP contribution in [0, 0.1) is 0 Å². The number of nitrogens with one attached hydrogen (secondary N) is 1. The molecule has 0 saturated carbocycles. The van der Waals surface area contributed by atoms with E-state index in [1.165, 1.54) is 0 Å². The van der Waals surface area contributed by atoms with Crippen molar-refractivity contribution >= 4 is 44.1 Å². The van der Waals surface area contributed by atoms with Crippen molar-refractivity contribution in [3.05, 3.63) is 45.8 Å². The second-order valence-corrected chi connectivity index (χ2v) is 8.06. The van der Waals surface area contributed by atoms with Crippen LogP contribution in [-0.4, -0.2) is 41.3 Å². The van der Waals surface area contributed by atoms with E-state index in [4.69, 9.17) is 14.1 Å². The van der Waals surface area contributed by atoms with E-state index in [1.54, 1.807) is 29.6 Å². The van der Waals surface area contributed by atoms with E-state index in [-0.39, 0.29) is 18.5 Å². The Balaban J connectivity index is 1.86. The van der Waals surface area contributed by atoms with Crippen LogP contribution in [0.2, 0.25) is 0 Å². The van der Waals surface area contributed by atoms with Crippen molar-refractivity contribution in [2.75, 3.05) is 17.6 Å². The zero-order valence-electron chi connectivity index (χ0n) is 13.7. The van der Waals surface area contributed by atoms with E-state index in [1.807, 2.05) is 0 Å². The molecule has 27 heavy (non-hydrogen) atoms. The van der Waals surface area contributed by atoms with Crippen LogP contribution >= 0.6 is 11.3 Å². The maximum absolute atomic E-state index is 12.3. The highest BCUT2D eigenvalue weighted by molar-refractivity contribution is 7.85. The summed E-state index contributed by atoms with van der Waals surface area (Å²) in [5.74, 6) is -1.46. The molecule has 2 heterocycles. The van der Waals surface area contributed by atoms with Crippen LogP contribution in [-0.2, 0) is 21.3 Å². The normalized spacial score (nSPS) is 11.6. The summed E-state index contributed by atoms with van der Waals surface area (Å²) in [6.07, 6.45) is -0.228. The zero-order valence-corrected chi connectivity index (χ0v) is 15.3. The molecule has 2 aromatic heterocycles. The highest BCUT2D eigenvalue weighted by atomic mass is 32.2. The summed E-state index contributed by atoms with van der Waals surface area (Å²) in [7, 11) is -4.06. The second-order valence-electron chi connectivity index (χ2n) is 5.63. The van der Waals surface area contributed by atoms with Crippen molar-refractivity contribution in [1.29, 1.82) is 0 Å². The van der Waals surface area contributed by atoms with Gasteiger partial charge in [-0.15, -0.1) is 11.3 Å². The third-order valence-corrected chi connectivity index (χ3v) is 5.18. The Bertz CT molecular complexity index is 1160. The van der Waals surface area contributed by atoms with Gasteiger partial charge in [-0.25, -0.2) is 9.78 Å². The van der Waals surface area contributed by atoms with Gasteiger partial charge in [0.25, 0.3) is 10.1 Å². The summed E-state index contributed by atoms with van der Waals surface area (Å²) < 4.78 is 35.5. The van der Waals surface area contributed by atoms with E-state index in [0.29, 0.717) is 27.4 Å². The van der Waals surface area contributed by atoms with Crippen LogP contribution in [0.4, 0.5) is 5.69 Å². The SMILES string of the molecule is O=C(O)Cc1csc(-c2cc3ccc(NCCS(=O)(=O)O)cc3oc2=O)n1. The lowest BCUT2D eigenvalue weighted by molar-refractivity contribution is -0.136. The van der Waals surface area contributed by atoms with Gasteiger partial charge in [-0.05, 0) is 18.2 Å². The number of fused-ring (bicyclic) bond motifs is 1. The molecule has 0 unspecified atom stereocenters. The molecule has 0 aliphatic heterocycles. The number of nitrogens with zero attached hydrogens (tertiary/aromatic N) is 1. The molecule has 11 heteroatoms. The third kappa shape index (κ3) is 4.90. The molecule has 0 amide bonds. The summed E-state index contributed by atoms with van der Waals surface area (Å²) in [5, 5.41) is 14.2. The van der Waals surface area contributed by atoms with Crippen LogP contribution < -0.4 is 10.9 Å². The Morgan fingerprint density at radius 3 is 2.78 bits per heavy atom. The number of anilines is 1. The molecule has 0 radical (unpaired) electrons. The van der Waals surface area contributed by atoms with Crippen molar-refractivity contribution in [2.24, 2.45) is 0 Å². The molecule has 0 bridgehead atoms. The van der Waals surface area contributed by atoms with E-state index in [2.05, 4.69) is 10.3 Å². The van der Waals surface area contributed by atoms with E-state index < -0.39 is 27.5 Å². The maximum atomic E-state index is 12.3. The first kappa shape index (κ1) is 19.0. The third-order valence-electron chi connectivity index (χ3n) is 3.54. The number of benzene rings is 1. The molecule has 9 nitrogen and oxygen atoms in total. The largest absolute Gasteiger partial charge is 0.481 e. The number of hydrogen-bond donors (Lipinski definition) is 3. The van der Waals surface area contributed by atoms with Gasteiger partial charge in [0, 0.05) is 29.1 Å². The highest BCUT2D eigenvalue weighted by Crippen LogP contribution is 2.26. The molecule has 0 atom stereocenters. The highest BCUT2D eigenvalue weighted by Gasteiger charge is 2.14. The molecule has 0 aliphatic rings. The van der Waals surface area contributed by atoms with Gasteiger partial charge in [0.15, 0.2) is 0 Å². The van der Waals surface area contributed by atoms with Crippen LogP contribution in [0.5, 0.6) is 0 Å². The number of aliphatic carboxylic acids is 1. The molecular formula is C16H14N2O7S2. The average Bonchev–Trinajstić information content (AvgIpc) is 3.00. The minimum Gasteiger partial charge on any atom is -0.481 e. The molecule has 3 aromatic rings. The van der Waals surface area contributed by atoms with Gasteiger partial charge in [-0.1, -0.05) is 0 Å². The summed E-state index contributed by atoms with van der Waals surface area (Å²) in [5.41, 5.74) is 0.799. The summed E-state index contributed by atoms with van der Waals surface area (Å²) >= 11 is 1.16. The van der Waals surface area contributed by atoms with E-state index in [9.17, 15) is 18.0 Å². The summed E-state index contributed by atoms with van der Waals surface area (Å²) in [4.78, 5) is 27.2. The van der Waals surface area contributed by atoms with Crippen molar-refractivity contribution < 1.29 is 27.3 Å². The molecule has 0 fully saturated rings. The lowest BCUT2D eigenvalue weighted by atomic mass is 10.1. The van der Waals surface area contributed by atoms with Gasteiger partial charge < -0.3 is 14.8 Å². The predicted molar refractivity (Wildman–Crippen MR) is 99.8 cm³/mol. The molecule has 0 spiro atoms.